The molecule has 12 rings (SSSR count). The minimum atomic E-state index is -0.375. The Morgan fingerprint density at radius 2 is 1.06 bits per heavy atom. The third kappa shape index (κ3) is 5.16. The lowest BCUT2D eigenvalue weighted by atomic mass is 9.63. The van der Waals surface area contributed by atoms with Gasteiger partial charge in [-0.2, -0.15) is 0 Å². The van der Waals surface area contributed by atoms with Gasteiger partial charge in [-0.25, -0.2) is 0 Å². The first kappa shape index (κ1) is 37.4. The number of allylic oxidation sites excluding steroid dienone is 4. The Bertz CT molecular complexity index is 3210. The topological polar surface area (TPSA) is 16.4 Å². The molecule has 1 heterocycles. The number of anilines is 3. The van der Waals surface area contributed by atoms with Gasteiger partial charge in [0.2, 0.25) is 0 Å². The molecule has 1 atom stereocenters. The summed E-state index contributed by atoms with van der Waals surface area (Å²) in [6, 6.07) is 57.5. The summed E-state index contributed by atoms with van der Waals surface area (Å²) in [5.41, 5.74) is 21.5. The molecule has 0 radical (unpaired) electrons. The van der Waals surface area contributed by atoms with E-state index in [4.69, 9.17) is 4.42 Å². The molecule has 1 aromatic heterocycles. The van der Waals surface area contributed by atoms with Crippen LogP contribution in [0.25, 0.3) is 38.6 Å². The second-order valence-electron chi connectivity index (χ2n) is 20.2. The van der Waals surface area contributed by atoms with Crippen molar-refractivity contribution in [1.29, 1.82) is 0 Å². The lowest BCUT2D eigenvalue weighted by Crippen LogP contribution is -2.33. The van der Waals surface area contributed by atoms with Crippen molar-refractivity contribution >= 4 is 44.6 Å². The number of nitrogens with zero attached hydrogens (tertiary/aromatic N) is 1. The molecule has 1 unspecified atom stereocenters. The van der Waals surface area contributed by atoms with E-state index in [-0.39, 0.29) is 21.7 Å². The predicted molar refractivity (Wildman–Crippen MR) is 259 cm³/mol. The first-order valence-electron chi connectivity index (χ1n) is 22.7. The Kier molecular flexibility index (Phi) is 7.88. The fourth-order valence-electron chi connectivity index (χ4n) is 12.1. The van der Waals surface area contributed by atoms with Crippen LogP contribution in [0.1, 0.15) is 112 Å². The third-order valence-corrected chi connectivity index (χ3v) is 15.5. The first-order chi connectivity index (χ1) is 30.0. The van der Waals surface area contributed by atoms with E-state index in [1.54, 1.807) is 0 Å². The molecule has 304 valence electrons. The number of fused-ring (bicyclic) bond motifs is 9. The summed E-state index contributed by atoms with van der Waals surface area (Å²) in [5.74, 6) is 0. The highest BCUT2D eigenvalue weighted by atomic mass is 16.3. The second-order valence-corrected chi connectivity index (χ2v) is 20.2. The van der Waals surface area contributed by atoms with Crippen molar-refractivity contribution in [3.8, 4) is 11.1 Å². The lowest BCUT2D eigenvalue weighted by molar-refractivity contribution is 0.332. The number of benzene rings is 7. The van der Waals surface area contributed by atoms with Crippen LogP contribution in [0, 0.1) is 0 Å². The van der Waals surface area contributed by atoms with Crippen molar-refractivity contribution < 1.29 is 4.42 Å². The predicted octanol–water partition coefficient (Wildman–Crippen LogP) is 16.2. The Balaban J connectivity index is 1.05. The molecule has 0 fully saturated rings. The maximum Gasteiger partial charge on any atom is 0.137 e. The molecule has 0 bridgehead atoms. The van der Waals surface area contributed by atoms with E-state index in [0.717, 1.165) is 41.1 Å². The highest BCUT2D eigenvalue weighted by molar-refractivity contribution is 6.07. The Labute approximate surface area is 366 Å². The second kappa shape index (κ2) is 13.1. The van der Waals surface area contributed by atoms with Gasteiger partial charge in [0.05, 0.1) is 5.41 Å². The zero-order valence-electron chi connectivity index (χ0n) is 36.8. The highest BCUT2D eigenvalue weighted by Gasteiger charge is 2.47. The number of hydrogen-bond acceptors (Lipinski definition) is 2. The summed E-state index contributed by atoms with van der Waals surface area (Å²) < 4.78 is 6.89. The van der Waals surface area contributed by atoms with Gasteiger partial charge in [0.25, 0.3) is 0 Å². The van der Waals surface area contributed by atoms with E-state index in [2.05, 4.69) is 210 Å². The molecule has 0 aliphatic heterocycles. The van der Waals surface area contributed by atoms with Crippen LogP contribution >= 0.6 is 0 Å². The molecule has 4 aliphatic carbocycles. The van der Waals surface area contributed by atoms with Crippen molar-refractivity contribution in [3.05, 3.63) is 214 Å². The van der Waals surface area contributed by atoms with Crippen LogP contribution in [-0.4, -0.2) is 0 Å². The van der Waals surface area contributed by atoms with E-state index in [0.29, 0.717) is 0 Å². The first-order valence-corrected chi connectivity index (χ1v) is 22.7. The van der Waals surface area contributed by atoms with Gasteiger partial charge in [-0.1, -0.05) is 151 Å². The molecule has 4 aliphatic rings. The van der Waals surface area contributed by atoms with Gasteiger partial charge in [-0.05, 0) is 152 Å². The number of furan rings is 1. The maximum atomic E-state index is 6.89. The summed E-state index contributed by atoms with van der Waals surface area (Å²) in [7, 11) is 0. The lowest BCUT2D eigenvalue weighted by Gasteiger charge is -2.41. The van der Waals surface area contributed by atoms with Crippen molar-refractivity contribution in [1.82, 2.24) is 0 Å². The van der Waals surface area contributed by atoms with Crippen LogP contribution < -0.4 is 4.90 Å². The molecule has 62 heavy (non-hydrogen) atoms. The van der Waals surface area contributed by atoms with Gasteiger partial charge in [-0.15, -0.1) is 0 Å². The minimum absolute atomic E-state index is 0.110. The van der Waals surface area contributed by atoms with Crippen LogP contribution in [0.4, 0.5) is 17.1 Å². The molecular formula is C60H53NO. The van der Waals surface area contributed by atoms with Crippen LogP contribution in [0.3, 0.4) is 0 Å². The Morgan fingerprint density at radius 1 is 0.468 bits per heavy atom. The monoisotopic (exact) mass is 803 g/mol. The van der Waals surface area contributed by atoms with Crippen molar-refractivity contribution in [2.75, 3.05) is 4.90 Å². The van der Waals surface area contributed by atoms with E-state index in [9.17, 15) is 0 Å². The fourth-order valence-corrected chi connectivity index (χ4v) is 12.1. The number of hydrogen-bond donors (Lipinski definition) is 0. The molecular weight excluding hydrogens is 751 g/mol. The minimum Gasteiger partial charge on any atom is -0.456 e. The molecule has 0 saturated carbocycles. The third-order valence-electron chi connectivity index (χ3n) is 15.5. The Morgan fingerprint density at radius 3 is 1.84 bits per heavy atom. The summed E-state index contributed by atoms with van der Waals surface area (Å²) in [4.78, 5) is 2.44. The SMILES string of the molecule is CC1(C)CCC(C)(C)c2cc3c(cc21)oc1cc(N(c2ccc(C4(c5ccccc5)C5=C(C=CCC5)c5ccccc54)cc2)c2ccc4c(c2)C(C)(C)c2ccccc2-4)ccc13. The average Bonchev–Trinajstić information content (AvgIpc) is 3.89. The summed E-state index contributed by atoms with van der Waals surface area (Å²) in [6.45, 7) is 14.3. The number of rotatable bonds is 5. The fraction of sp³-hybridized carbons (Fsp3) is 0.233. The van der Waals surface area contributed by atoms with Crippen LogP contribution in [0.5, 0.6) is 0 Å². The van der Waals surface area contributed by atoms with Gasteiger partial charge in [-0.3, -0.25) is 0 Å². The van der Waals surface area contributed by atoms with Crippen LogP contribution in [0.15, 0.2) is 174 Å². The maximum absolute atomic E-state index is 6.89. The normalized spacial score (nSPS) is 19.8. The summed E-state index contributed by atoms with van der Waals surface area (Å²) >= 11 is 0. The smallest absolute Gasteiger partial charge is 0.137 e. The van der Waals surface area contributed by atoms with Crippen molar-refractivity contribution in [2.24, 2.45) is 0 Å². The largest absolute Gasteiger partial charge is 0.456 e. The van der Waals surface area contributed by atoms with E-state index >= 15 is 0 Å². The van der Waals surface area contributed by atoms with Crippen LogP contribution in [0.2, 0.25) is 0 Å². The zero-order valence-corrected chi connectivity index (χ0v) is 36.8. The molecule has 7 aromatic carbocycles. The molecule has 0 N–H and O–H groups in total. The Hall–Kier alpha value is -6.38. The van der Waals surface area contributed by atoms with Gasteiger partial charge in [0.1, 0.15) is 11.2 Å². The quantitative estimate of drug-likeness (QED) is 0.172. The molecule has 0 spiro atoms. The van der Waals surface area contributed by atoms with E-state index in [1.807, 2.05) is 0 Å². The van der Waals surface area contributed by atoms with Gasteiger partial charge >= 0.3 is 0 Å². The van der Waals surface area contributed by atoms with E-state index in [1.165, 1.54) is 90.4 Å². The standard InChI is InChI=1S/C60H53NO/c1-57(2)32-33-58(3,4)54-37-56-48(36-53(54)57)47-31-29-42(35-55(47)62-56)61(41-28-30-46-43-18-10-13-21-49(43)59(5,6)52(46)34-41)40-26-24-39(25-27-40)60(38-16-8-7-9-17-38)50-22-14-11-19-44(50)45-20-12-15-23-51(45)60/h7-14,16-22,24-31,34-37H,15,23,32-33H2,1-6H3. The average molecular weight is 804 g/mol. The molecule has 2 nitrogen and oxygen atoms in total. The molecule has 0 amide bonds. The van der Waals surface area contributed by atoms with Gasteiger partial charge in [0.15, 0.2) is 0 Å². The van der Waals surface area contributed by atoms with Gasteiger partial charge < -0.3 is 9.32 Å². The molecule has 2 heteroatoms. The molecule has 0 saturated heterocycles. The van der Waals surface area contributed by atoms with Crippen molar-refractivity contribution in [3.63, 3.8) is 0 Å². The van der Waals surface area contributed by atoms with Crippen LogP contribution in [-0.2, 0) is 21.7 Å². The molecule has 8 aromatic rings. The zero-order chi connectivity index (χ0) is 42.2. The van der Waals surface area contributed by atoms with Crippen molar-refractivity contribution in [2.45, 2.75) is 88.9 Å². The highest BCUT2D eigenvalue weighted by Crippen LogP contribution is 2.58. The van der Waals surface area contributed by atoms with E-state index < -0.39 is 0 Å². The summed E-state index contributed by atoms with van der Waals surface area (Å²) in [5, 5.41) is 2.38. The summed E-state index contributed by atoms with van der Waals surface area (Å²) in [6.07, 6.45) is 9.16. The van der Waals surface area contributed by atoms with Gasteiger partial charge in [0, 0.05) is 39.3 Å².